The summed E-state index contributed by atoms with van der Waals surface area (Å²) in [6, 6.07) is 10.0. The van der Waals surface area contributed by atoms with Gasteiger partial charge in [-0.3, -0.25) is 0 Å². The average Bonchev–Trinajstić information content (AvgIpc) is 2.63. The topological polar surface area (TPSA) is 51.8 Å². The highest BCUT2D eigenvalue weighted by molar-refractivity contribution is 7.15. The molecule has 0 atom stereocenters. The van der Waals surface area contributed by atoms with Crippen LogP contribution >= 0.6 is 11.3 Å². The number of hydrogen-bond acceptors (Lipinski definition) is 4. The average molecular weight is 203 g/mol. The highest BCUT2D eigenvalue weighted by atomic mass is 32.1. The second-order valence-corrected chi connectivity index (χ2v) is 3.76. The van der Waals surface area contributed by atoms with Gasteiger partial charge in [-0.1, -0.05) is 47.7 Å². The molecule has 0 saturated heterocycles. The number of anilines is 1. The quantitative estimate of drug-likeness (QED) is 0.814. The Bertz CT molecular complexity index is 434. The number of nitrogens with zero attached hydrogens (tertiary/aromatic N) is 2. The molecular formula is C10H9N3S. The van der Waals surface area contributed by atoms with E-state index in [1.54, 1.807) is 0 Å². The molecular weight excluding hydrogens is 194 g/mol. The summed E-state index contributed by atoms with van der Waals surface area (Å²) in [5.41, 5.74) is 6.60. The molecule has 1 aromatic carbocycles. The van der Waals surface area contributed by atoms with Gasteiger partial charge in [0.1, 0.15) is 5.01 Å². The van der Waals surface area contributed by atoms with Crippen molar-refractivity contribution in [3.63, 3.8) is 0 Å². The van der Waals surface area contributed by atoms with Crippen LogP contribution in [0.5, 0.6) is 0 Å². The molecule has 0 radical (unpaired) electrons. The Morgan fingerprint density at radius 3 is 2.50 bits per heavy atom. The molecule has 3 nitrogen and oxygen atoms in total. The Labute approximate surface area is 85.9 Å². The van der Waals surface area contributed by atoms with Gasteiger partial charge in [-0.2, -0.15) is 0 Å². The molecule has 0 bridgehead atoms. The molecule has 0 aliphatic carbocycles. The van der Waals surface area contributed by atoms with Crippen LogP contribution in [0.1, 0.15) is 10.6 Å². The zero-order valence-corrected chi connectivity index (χ0v) is 8.24. The maximum absolute atomic E-state index is 5.46. The summed E-state index contributed by atoms with van der Waals surface area (Å²) in [5.74, 6) is 0. The van der Waals surface area contributed by atoms with Gasteiger partial charge < -0.3 is 5.73 Å². The monoisotopic (exact) mass is 203 g/mol. The van der Waals surface area contributed by atoms with E-state index >= 15 is 0 Å². The molecule has 4 heteroatoms. The van der Waals surface area contributed by atoms with E-state index in [0.717, 1.165) is 10.6 Å². The zero-order chi connectivity index (χ0) is 9.80. The van der Waals surface area contributed by atoms with Crippen molar-refractivity contribution in [3.8, 4) is 0 Å². The maximum Gasteiger partial charge on any atom is 0.203 e. The van der Waals surface area contributed by atoms with Crippen molar-refractivity contribution in [1.82, 2.24) is 10.2 Å². The molecule has 70 valence electrons. The summed E-state index contributed by atoms with van der Waals surface area (Å²) in [6.07, 6.45) is 3.89. The van der Waals surface area contributed by atoms with Crippen molar-refractivity contribution in [1.29, 1.82) is 0 Å². The van der Waals surface area contributed by atoms with Crippen LogP contribution in [0.15, 0.2) is 30.3 Å². The maximum atomic E-state index is 5.46. The van der Waals surface area contributed by atoms with Crippen molar-refractivity contribution < 1.29 is 0 Å². The van der Waals surface area contributed by atoms with E-state index in [4.69, 9.17) is 5.73 Å². The van der Waals surface area contributed by atoms with E-state index in [2.05, 4.69) is 10.2 Å². The van der Waals surface area contributed by atoms with Gasteiger partial charge in [-0.25, -0.2) is 0 Å². The summed E-state index contributed by atoms with van der Waals surface area (Å²) in [7, 11) is 0. The lowest BCUT2D eigenvalue weighted by molar-refractivity contribution is 1.09. The summed E-state index contributed by atoms with van der Waals surface area (Å²) < 4.78 is 0. The molecule has 2 aromatic rings. The normalized spacial score (nSPS) is 10.9. The van der Waals surface area contributed by atoms with Crippen LogP contribution in [0, 0.1) is 0 Å². The molecule has 0 amide bonds. The Hall–Kier alpha value is -1.68. The minimum Gasteiger partial charge on any atom is -0.374 e. The lowest BCUT2D eigenvalue weighted by Gasteiger charge is -1.88. The fraction of sp³-hybridized carbons (Fsp3) is 0. The van der Waals surface area contributed by atoms with E-state index in [0.29, 0.717) is 5.13 Å². The molecule has 1 aromatic heterocycles. The van der Waals surface area contributed by atoms with Crippen LogP contribution in [-0.4, -0.2) is 10.2 Å². The lowest BCUT2D eigenvalue weighted by Crippen LogP contribution is -1.79. The highest BCUT2D eigenvalue weighted by Crippen LogP contribution is 2.14. The standard InChI is InChI=1S/C10H9N3S/c11-10-13-12-9(14-10)7-6-8-4-2-1-3-5-8/h1-7H,(H2,11,13)/b7-6+. The summed E-state index contributed by atoms with van der Waals surface area (Å²) in [6.45, 7) is 0. The second-order valence-electron chi connectivity index (χ2n) is 2.72. The first kappa shape index (κ1) is 8.90. The summed E-state index contributed by atoms with van der Waals surface area (Å²) in [5, 5.41) is 8.93. The van der Waals surface area contributed by atoms with Crippen molar-refractivity contribution in [2.45, 2.75) is 0 Å². The van der Waals surface area contributed by atoms with Crippen molar-refractivity contribution >= 4 is 28.6 Å². The number of aromatic nitrogens is 2. The largest absolute Gasteiger partial charge is 0.374 e. The van der Waals surface area contributed by atoms with Gasteiger partial charge in [-0.15, -0.1) is 10.2 Å². The molecule has 14 heavy (non-hydrogen) atoms. The van der Waals surface area contributed by atoms with Gasteiger partial charge in [-0.05, 0) is 11.6 Å². The predicted molar refractivity (Wildman–Crippen MR) is 59.7 cm³/mol. The first-order chi connectivity index (χ1) is 6.84. The van der Waals surface area contributed by atoms with E-state index in [9.17, 15) is 0 Å². The molecule has 1 heterocycles. The molecule has 0 aliphatic rings. The molecule has 2 N–H and O–H groups in total. The second kappa shape index (κ2) is 4.02. The van der Waals surface area contributed by atoms with Crippen LogP contribution in [0.3, 0.4) is 0 Å². The number of nitrogen functional groups attached to an aromatic ring is 1. The Kier molecular flexibility index (Phi) is 2.55. The van der Waals surface area contributed by atoms with Crippen molar-refractivity contribution in [3.05, 3.63) is 40.9 Å². The number of rotatable bonds is 2. The first-order valence-electron chi connectivity index (χ1n) is 4.17. The molecule has 0 fully saturated rings. The van der Waals surface area contributed by atoms with Crippen LogP contribution in [0.25, 0.3) is 12.2 Å². The Balaban J connectivity index is 2.15. The third kappa shape index (κ3) is 2.17. The molecule has 0 spiro atoms. The smallest absolute Gasteiger partial charge is 0.203 e. The lowest BCUT2D eigenvalue weighted by atomic mass is 10.2. The van der Waals surface area contributed by atoms with Gasteiger partial charge in [0.2, 0.25) is 5.13 Å². The number of hydrogen-bond donors (Lipinski definition) is 1. The van der Waals surface area contributed by atoms with E-state index in [1.807, 2.05) is 42.5 Å². The Morgan fingerprint density at radius 2 is 1.86 bits per heavy atom. The SMILES string of the molecule is Nc1nnc(/C=C/c2ccccc2)s1. The van der Waals surface area contributed by atoms with E-state index in [1.165, 1.54) is 11.3 Å². The van der Waals surface area contributed by atoms with Crippen molar-refractivity contribution in [2.75, 3.05) is 5.73 Å². The van der Waals surface area contributed by atoms with Crippen LogP contribution in [0.2, 0.25) is 0 Å². The zero-order valence-electron chi connectivity index (χ0n) is 7.42. The van der Waals surface area contributed by atoms with Crippen LogP contribution < -0.4 is 5.73 Å². The molecule has 0 saturated carbocycles. The van der Waals surface area contributed by atoms with Gasteiger partial charge in [0, 0.05) is 0 Å². The van der Waals surface area contributed by atoms with Crippen LogP contribution in [0.4, 0.5) is 5.13 Å². The van der Waals surface area contributed by atoms with Crippen molar-refractivity contribution in [2.24, 2.45) is 0 Å². The van der Waals surface area contributed by atoms with Gasteiger partial charge in [0.15, 0.2) is 0 Å². The third-order valence-corrected chi connectivity index (χ3v) is 2.39. The van der Waals surface area contributed by atoms with Gasteiger partial charge in [0.05, 0.1) is 0 Å². The molecule has 2 rings (SSSR count). The summed E-state index contributed by atoms with van der Waals surface area (Å²) in [4.78, 5) is 0. The van der Waals surface area contributed by atoms with Crippen LogP contribution in [-0.2, 0) is 0 Å². The van der Waals surface area contributed by atoms with E-state index < -0.39 is 0 Å². The Morgan fingerprint density at radius 1 is 1.07 bits per heavy atom. The fourth-order valence-electron chi connectivity index (χ4n) is 1.05. The van der Waals surface area contributed by atoms with Gasteiger partial charge >= 0.3 is 0 Å². The predicted octanol–water partition coefficient (Wildman–Crippen LogP) is 2.29. The van der Waals surface area contributed by atoms with E-state index in [-0.39, 0.29) is 0 Å². The minimum absolute atomic E-state index is 0.498. The molecule has 0 aliphatic heterocycles. The minimum atomic E-state index is 0.498. The third-order valence-electron chi connectivity index (χ3n) is 1.67. The number of nitrogens with two attached hydrogens (primary N) is 1. The molecule has 0 unspecified atom stereocenters. The fourth-order valence-corrected chi connectivity index (χ4v) is 1.56. The summed E-state index contributed by atoms with van der Waals surface area (Å²) >= 11 is 1.38. The first-order valence-corrected chi connectivity index (χ1v) is 4.98. The highest BCUT2D eigenvalue weighted by Gasteiger charge is 1.94. The number of benzene rings is 1. The van der Waals surface area contributed by atoms with Gasteiger partial charge in [0.25, 0.3) is 0 Å².